The van der Waals surface area contributed by atoms with Crippen LogP contribution >= 0.6 is 0 Å². The largest absolute Gasteiger partial charge is 0.383 e. The van der Waals surface area contributed by atoms with Crippen molar-refractivity contribution < 1.29 is 9.53 Å². The SMILES string of the molecule is COCCN1CCN(CC(=O)N2CCC(c3ccccc3)=N2)C[C@H]1C. The van der Waals surface area contributed by atoms with Crippen LogP contribution in [0.1, 0.15) is 18.9 Å². The Labute approximate surface area is 150 Å². The molecule has 0 aliphatic carbocycles. The Kier molecular flexibility index (Phi) is 6.18. The number of rotatable bonds is 6. The van der Waals surface area contributed by atoms with Gasteiger partial charge in [0.05, 0.1) is 25.4 Å². The maximum Gasteiger partial charge on any atom is 0.256 e. The number of hydrogen-bond acceptors (Lipinski definition) is 5. The molecular formula is C19H28N4O2. The van der Waals surface area contributed by atoms with E-state index in [2.05, 4.69) is 21.8 Å². The minimum Gasteiger partial charge on any atom is -0.383 e. The lowest BCUT2D eigenvalue weighted by atomic mass is 10.1. The van der Waals surface area contributed by atoms with Crippen LogP contribution in [0.3, 0.4) is 0 Å². The molecule has 2 heterocycles. The zero-order valence-electron chi connectivity index (χ0n) is 15.2. The van der Waals surface area contributed by atoms with Gasteiger partial charge in [0.2, 0.25) is 0 Å². The monoisotopic (exact) mass is 344 g/mol. The smallest absolute Gasteiger partial charge is 0.256 e. The highest BCUT2D eigenvalue weighted by molar-refractivity contribution is 6.02. The third kappa shape index (κ3) is 4.66. The van der Waals surface area contributed by atoms with Crippen LogP contribution in [0, 0.1) is 0 Å². The van der Waals surface area contributed by atoms with Gasteiger partial charge in [-0.2, -0.15) is 5.10 Å². The van der Waals surface area contributed by atoms with Crippen LogP contribution in [0.4, 0.5) is 0 Å². The number of methoxy groups -OCH3 is 1. The van der Waals surface area contributed by atoms with Gasteiger partial charge in [-0.1, -0.05) is 30.3 Å². The molecule has 0 aromatic heterocycles. The summed E-state index contributed by atoms with van der Waals surface area (Å²) in [5.41, 5.74) is 2.12. The summed E-state index contributed by atoms with van der Waals surface area (Å²) in [5.74, 6) is 0.100. The van der Waals surface area contributed by atoms with Crippen LogP contribution in [-0.4, -0.2) is 85.5 Å². The van der Waals surface area contributed by atoms with Crippen molar-refractivity contribution in [2.24, 2.45) is 5.10 Å². The molecule has 1 aromatic carbocycles. The molecule has 6 nitrogen and oxygen atoms in total. The molecule has 1 amide bonds. The van der Waals surface area contributed by atoms with Gasteiger partial charge in [0.1, 0.15) is 0 Å². The van der Waals surface area contributed by atoms with Crippen molar-refractivity contribution >= 4 is 11.6 Å². The molecule has 1 fully saturated rings. The van der Waals surface area contributed by atoms with Crippen molar-refractivity contribution in [1.29, 1.82) is 0 Å². The summed E-state index contributed by atoms with van der Waals surface area (Å²) in [6, 6.07) is 10.6. The molecule has 2 aliphatic rings. The quantitative estimate of drug-likeness (QED) is 0.780. The van der Waals surface area contributed by atoms with Crippen molar-refractivity contribution in [2.75, 3.05) is 53.0 Å². The topological polar surface area (TPSA) is 48.4 Å². The van der Waals surface area contributed by atoms with Gasteiger partial charge in [-0.3, -0.25) is 14.6 Å². The third-order valence-corrected chi connectivity index (χ3v) is 4.99. The first-order valence-electron chi connectivity index (χ1n) is 9.06. The van der Waals surface area contributed by atoms with E-state index in [4.69, 9.17) is 4.74 Å². The Morgan fingerprint density at radius 1 is 1.24 bits per heavy atom. The molecule has 0 N–H and O–H groups in total. The number of hydrogen-bond donors (Lipinski definition) is 0. The zero-order chi connectivity index (χ0) is 17.6. The molecule has 0 bridgehead atoms. The molecule has 25 heavy (non-hydrogen) atoms. The standard InChI is InChI=1S/C19H28N4O2/c1-16-14-21(10-11-22(16)12-13-25-2)15-19(24)23-9-8-18(20-23)17-6-4-3-5-7-17/h3-7,16H,8-15H2,1-2H3/t16-/m1/s1. The summed E-state index contributed by atoms with van der Waals surface area (Å²) in [6.45, 7) is 7.89. The molecule has 0 saturated carbocycles. The normalized spacial score (nSPS) is 22.2. The molecule has 1 atom stereocenters. The van der Waals surface area contributed by atoms with E-state index >= 15 is 0 Å². The maximum absolute atomic E-state index is 12.6. The van der Waals surface area contributed by atoms with Crippen LogP contribution in [0.25, 0.3) is 0 Å². The average Bonchev–Trinajstić information content (AvgIpc) is 3.12. The predicted octanol–water partition coefficient (Wildman–Crippen LogP) is 1.28. The van der Waals surface area contributed by atoms with Gasteiger partial charge < -0.3 is 4.74 Å². The van der Waals surface area contributed by atoms with E-state index in [0.29, 0.717) is 19.1 Å². The van der Waals surface area contributed by atoms with Gasteiger partial charge >= 0.3 is 0 Å². The molecule has 1 saturated heterocycles. The molecular weight excluding hydrogens is 316 g/mol. The summed E-state index contributed by atoms with van der Waals surface area (Å²) in [6.07, 6.45) is 0.830. The molecule has 2 aliphatic heterocycles. The second-order valence-corrected chi connectivity index (χ2v) is 6.79. The highest BCUT2D eigenvalue weighted by atomic mass is 16.5. The minimum atomic E-state index is 0.100. The van der Waals surface area contributed by atoms with Crippen LogP contribution < -0.4 is 0 Å². The third-order valence-electron chi connectivity index (χ3n) is 4.99. The average molecular weight is 344 g/mol. The minimum absolute atomic E-state index is 0.100. The molecule has 1 aromatic rings. The number of carbonyl (C=O) groups excluding carboxylic acids is 1. The van der Waals surface area contributed by atoms with Crippen molar-refractivity contribution in [1.82, 2.24) is 14.8 Å². The summed E-state index contributed by atoms with van der Waals surface area (Å²) >= 11 is 0. The fraction of sp³-hybridized carbons (Fsp3) is 0.579. The molecule has 0 radical (unpaired) electrons. The number of piperazine rings is 1. The lowest BCUT2D eigenvalue weighted by Crippen LogP contribution is -2.54. The lowest BCUT2D eigenvalue weighted by molar-refractivity contribution is -0.132. The van der Waals surface area contributed by atoms with Crippen molar-refractivity contribution in [3.05, 3.63) is 35.9 Å². The van der Waals surface area contributed by atoms with Gasteiger partial charge in [0.15, 0.2) is 0 Å². The zero-order valence-corrected chi connectivity index (χ0v) is 15.2. The van der Waals surface area contributed by atoms with Crippen LogP contribution in [0.5, 0.6) is 0 Å². The number of carbonyl (C=O) groups is 1. The molecule has 136 valence electrons. The lowest BCUT2D eigenvalue weighted by Gasteiger charge is -2.39. The van der Waals surface area contributed by atoms with Crippen LogP contribution in [0.2, 0.25) is 0 Å². The van der Waals surface area contributed by atoms with E-state index in [1.54, 1.807) is 12.1 Å². The summed E-state index contributed by atoms with van der Waals surface area (Å²) in [7, 11) is 1.74. The summed E-state index contributed by atoms with van der Waals surface area (Å²) in [5, 5.41) is 6.19. The van der Waals surface area contributed by atoms with E-state index < -0.39 is 0 Å². The van der Waals surface area contributed by atoms with Crippen molar-refractivity contribution in [3.8, 4) is 0 Å². The maximum atomic E-state index is 12.6. The second-order valence-electron chi connectivity index (χ2n) is 6.79. The molecule has 0 spiro atoms. The highest BCUT2D eigenvalue weighted by Crippen LogP contribution is 2.15. The van der Waals surface area contributed by atoms with Crippen LogP contribution in [-0.2, 0) is 9.53 Å². The van der Waals surface area contributed by atoms with Gasteiger partial charge in [-0.05, 0) is 12.5 Å². The van der Waals surface area contributed by atoms with E-state index in [0.717, 1.165) is 50.5 Å². The first-order chi connectivity index (χ1) is 12.2. The Hall–Kier alpha value is -1.76. The Morgan fingerprint density at radius 2 is 2.04 bits per heavy atom. The molecule has 3 rings (SSSR count). The van der Waals surface area contributed by atoms with Gasteiger partial charge in [-0.25, -0.2) is 5.01 Å². The number of ether oxygens (including phenoxy) is 1. The Bertz CT molecular complexity index is 605. The van der Waals surface area contributed by atoms with Gasteiger partial charge in [0.25, 0.3) is 5.91 Å². The van der Waals surface area contributed by atoms with Crippen molar-refractivity contribution in [2.45, 2.75) is 19.4 Å². The fourth-order valence-corrected chi connectivity index (χ4v) is 3.50. The highest BCUT2D eigenvalue weighted by Gasteiger charge is 2.27. The Balaban J connectivity index is 1.51. The number of hydrazone groups is 1. The first kappa shape index (κ1) is 18.0. The first-order valence-corrected chi connectivity index (χ1v) is 9.06. The second kappa shape index (κ2) is 8.56. The van der Waals surface area contributed by atoms with E-state index in [1.807, 2.05) is 30.3 Å². The summed E-state index contributed by atoms with van der Waals surface area (Å²) in [4.78, 5) is 17.3. The van der Waals surface area contributed by atoms with Gasteiger partial charge in [0, 0.05) is 45.8 Å². The number of nitrogens with zero attached hydrogens (tertiary/aromatic N) is 4. The number of benzene rings is 1. The van der Waals surface area contributed by atoms with Crippen molar-refractivity contribution in [3.63, 3.8) is 0 Å². The predicted molar refractivity (Wildman–Crippen MR) is 98.7 cm³/mol. The van der Waals surface area contributed by atoms with Crippen LogP contribution in [0.15, 0.2) is 35.4 Å². The molecule has 6 heteroatoms. The van der Waals surface area contributed by atoms with E-state index in [-0.39, 0.29) is 5.91 Å². The van der Waals surface area contributed by atoms with Gasteiger partial charge in [-0.15, -0.1) is 0 Å². The fourth-order valence-electron chi connectivity index (χ4n) is 3.50. The number of amides is 1. The van der Waals surface area contributed by atoms with E-state index in [9.17, 15) is 4.79 Å². The summed E-state index contributed by atoms with van der Waals surface area (Å²) < 4.78 is 5.17. The molecule has 0 unspecified atom stereocenters. The van der Waals surface area contributed by atoms with E-state index in [1.165, 1.54) is 0 Å². The Morgan fingerprint density at radius 3 is 2.76 bits per heavy atom.